The number of ether oxygens (including phenoxy) is 1. The molecule has 2 aromatic carbocycles. The minimum absolute atomic E-state index is 0.234. The first-order chi connectivity index (χ1) is 13.9. The van der Waals surface area contributed by atoms with Crippen LogP contribution in [-0.2, 0) is 5.41 Å². The first-order valence-electron chi connectivity index (χ1n) is 11.0. The Bertz CT molecular complexity index is 947. The summed E-state index contributed by atoms with van der Waals surface area (Å²) in [6.45, 7) is 10.0. The van der Waals surface area contributed by atoms with E-state index in [0.29, 0.717) is 12.2 Å². The van der Waals surface area contributed by atoms with Gasteiger partial charge in [0.15, 0.2) is 5.75 Å². The van der Waals surface area contributed by atoms with Crippen LogP contribution >= 0.6 is 0 Å². The molecule has 4 heteroatoms. The minimum atomic E-state index is -0.490. The average Bonchev–Trinajstić information content (AvgIpc) is 2.94. The number of para-hydroxylation sites is 1. The maximum absolute atomic E-state index is 12.3. The van der Waals surface area contributed by atoms with Crippen molar-refractivity contribution in [3.63, 3.8) is 0 Å². The lowest BCUT2D eigenvalue weighted by molar-refractivity contribution is 0.302. The minimum Gasteiger partial charge on any atom is -0.489 e. The van der Waals surface area contributed by atoms with Crippen LogP contribution in [0.15, 0.2) is 39.6 Å². The summed E-state index contributed by atoms with van der Waals surface area (Å²) in [4.78, 5) is 26.7. The summed E-state index contributed by atoms with van der Waals surface area (Å²) in [7, 11) is 0. The molecule has 0 fully saturated rings. The Labute approximate surface area is 173 Å². The van der Waals surface area contributed by atoms with Gasteiger partial charge in [-0.2, -0.15) is 0 Å². The molecule has 0 saturated carbocycles. The molecule has 3 rings (SSSR count). The molecular formula is C25H33NO3. The van der Waals surface area contributed by atoms with Gasteiger partial charge >= 0.3 is 0 Å². The van der Waals surface area contributed by atoms with E-state index in [0.717, 1.165) is 31.5 Å². The Morgan fingerprint density at radius 2 is 1.69 bits per heavy atom. The molecule has 0 aromatic heterocycles. The second-order valence-corrected chi connectivity index (χ2v) is 8.49. The second kappa shape index (κ2) is 8.98. The average molecular weight is 396 g/mol. The van der Waals surface area contributed by atoms with Crippen LogP contribution in [0.3, 0.4) is 0 Å². The third-order valence-electron chi connectivity index (χ3n) is 5.96. The number of nitrogens with zero attached hydrogens (tertiary/aromatic N) is 1. The van der Waals surface area contributed by atoms with E-state index in [-0.39, 0.29) is 11.2 Å². The zero-order valence-electron chi connectivity index (χ0n) is 18.2. The number of hydrogen-bond acceptors (Lipinski definition) is 4. The van der Waals surface area contributed by atoms with Crippen molar-refractivity contribution in [2.45, 2.75) is 71.6 Å². The van der Waals surface area contributed by atoms with Gasteiger partial charge in [-0.05, 0) is 30.5 Å². The highest BCUT2D eigenvalue weighted by Crippen LogP contribution is 2.48. The van der Waals surface area contributed by atoms with E-state index < -0.39 is 10.9 Å². The van der Waals surface area contributed by atoms with E-state index in [1.807, 2.05) is 6.08 Å². The van der Waals surface area contributed by atoms with E-state index in [9.17, 15) is 9.59 Å². The predicted octanol–water partition coefficient (Wildman–Crippen LogP) is 5.18. The van der Waals surface area contributed by atoms with Gasteiger partial charge in [0.1, 0.15) is 0 Å². The van der Waals surface area contributed by atoms with Crippen LogP contribution in [0.25, 0.3) is 6.08 Å². The van der Waals surface area contributed by atoms with Crippen molar-refractivity contribution in [1.82, 2.24) is 0 Å². The van der Waals surface area contributed by atoms with E-state index in [4.69, 9.17) is 4.74 Å². The summed E-state index contributed by atoms with van der Waals surface area (Å²) in [5.74, 6) is 0.244. The molecule has 0 saturated heterocycles. The van der Waals surface area contributed by atoms with Crippen LogP contribution in [0.4, 0.5) is 5.69 Å². The maximum atomic E-state index is 12.3. The van der Waals surface area contributed by atoms with Crippen molar-refractivity contribution >= 4 is 11.8 Å². The van der Waals surface area contributed by atoms with Crippen LogP contribution in [0.5, 0.6) is 5.75 Å². The van der Waals surface area contributed by atoms with Crippen LogP contribution in [-0.4, -0.2) is 13.2 Å². The van der Waals surface area contributed by atoms with Gasteiger partial charge in [-0.1, -0.05) is 71.6 Å². The van der Waals surface area contributed by atoms with Gasteiger partial charge in [0.2, 0.25) is 5.43 Å². The number of rotatable bonds is 10. The van der Waals surface area contributed by atoms with Crippen molar-refractivity contribution in [1.29, 1.82) is 0 Å². The van der Waals surface area contributed by atoms with Gasteiger partial charge in [-0.15, -0.1) is 0 Å². The fraction of sp³-hybridized carbons (Fsp3) is 0.520. The van der Waals surface area contributed by atoms with E-state index in [1.165, 1.54) is 30.5 Å². The molecule has 0 aliphatic carbocycles. The molecule has 29 heavy (non-hydrogen) atoms. The summed E-state index contributed by atoms with van der Waals surface area (Å²) in [5.41, 5.74) is 2.81. The Balaban J connectivity index is 1.96. The number of benzene rings is 1. The van der Waals surface area contributed by atoms with Gasteiger partial charge in [-0.3, -0.25) is 9.59 Å². The van der Waals surface area contributed by atoms with Gasteiger partial charge in [0, 0.05) is 23.3 Å². The smallest absolute Gasteiger partial charge is 0.268 e. The molecule has 156 valence electrons. The van der Waals surface area contributed by atoms with E-state index in [1.54, 1.807) is 0 Å². The second-order valence-electron chi connectivity index (χ2n) is 8.49. The summed E-state index contributed by atoms with van der Waals surface area (Å²) in [5, 5.41) is 0. The van der Waals surface area contributed by atoms with Crippen molar-refractivity contribution in [2.75, 3.05) is 18.1 Å². The Kier molecular flexibility index (Phi) is 6.61. The maximum Gasteiger partial charge on any atom is 0.268 e. The molecule has 0 spiro atoms. The van der Waals surface area contributed by atoms with Gasteiger partial charge in [0.05, 0.1) is 12.2 Å². The van der Waals surface area contributed by atoms with Crippen LogP contribution in [0.1, 0.15) is 77.3 Å². The molecule has 0 amide bonds. The third kappa shape index (κ3) is 4.03. The third-order valence-corrected chi connectivity index (χ3v) is 5.96. The van der Waals surface area contributed by atoms with Crippen LogP contribution < -0.4 is 20.5 Å². The molecule has 0 unspecified atom stereocenters. The first-order valence-corrected chi connectivity index (χ1v) is 11.0. The fourth-order valence-corrected chi connectivity index (χ4v) is 4.16. The molecule has 0 N–H and O–H groups in total. The highest BCUT2D eigenvalue weighted by atomic mass is 16.5. The summed E-state index contributed by atoms with van der Waals surface area (Å²) in [6.07, 6.45) is 8.48. The zero-order valence-corrected chi connectivity index (χ0v) is 18.2. The number of allylic oxidation sites excluding steroid dienone is 1. The van der Waals surface area contributed by atoms with Crippen molar-refractivity contribution in [3.05, 3.63) is 61.5 Å². The monoisotopic (exact) mass is 395 g/mol. The van der Waals surface area contributed by atoms with Gasteiger partial charge in [0.25, 0.3) is 5.43 Å². The van der Waals surface area contributed by atoms with E-state index in [2.05, 4.69) is 56.9 Å². The lowest BCUT2D eigenvalue weighted by Gasteiger charge is -2.28. The first kappa shape index (κ1) is 21.4. The van der Waals surface area contributed by atoms with Gasteiger partial charge < -0.3 is 9.64 Å². The number of hydrogen-bond donors (Lipinski definition) is 0. The van der Waals surface area contributed by atoms with E-state index >= 15 is 0 Å². The summed E-state index contributed by atoms with van der Waals surface area (Å²) in [6, 6.07) is 8.44. The Hall–Kier alpha value is -2.36. The summed E-state index contributed by atoms with van der Waals surface area (Å²) >= 11 is 0. The molecule has 0 bridgehead atoms. The molecule has 4 nitrogen and oxygen atoms in total. The molecule has 1 aliphatic heterocycles. The fourth-order valence-electron chi connectivity index (χ4n) is 4.16. The Morgan fingerprint density at radius 3 is 2.41 bits per heavy atom. The SMILES string of the molecule is CCCCCCN1/C(=C/c2c(OCCCC)c(=O)c2=O)C(C)(C)c2ccccc21. The molecule has 1 heterocycles. The highest BCUT2D eigenvalue weighted by Gasteiger charge is 2.40. The summed E-state index contributed by atoms with van der Waals surface area (Å²) < 4.78 is 5.66. The Morgan fingerprint density at radius 1 is 0.966 bits per heavy atom. The lowest BCUT2D eigenvalue weighted by atomic mass is 9.83. The number of fused-ring (bicyclic) bond motifs is 1. The molecular weight excluding hydrogens is 362 g/mol. The number of anilines is 1. The quantitative estimate of drug-likeness (QED) is 0.411. The lowest BCUT2D eigenvalue weighted by Crippen LogP contribution is -2.36. The van der Waals surface area contributed by atoms with Crippen molar-refractivity contribution < 1.29 is 4.74 Å². The molecule has 0 radical (unpaired) electrons. The van der Waals surface area contributed by atoms with Gasteiger partial charge in [-0.25, -0.2) is 0 Å². The largest absolute Gasteiger partial charge is 0.489 e. The highest BCUT2D eigenvalue weighted by molar-refractivity contribution is 5.77. The topological polar surface area (TPSA) is 46.6 Å². The molecule has 1 aliphatic rings. The number of unbranched alkanes of at least 4 members (excludes halogenated alkanes) is 4. The van der Waals surface area contributed by atoms with Crippen molar-refractivity contribution in [3.8, 4) is 5.75 Å². The van der Waals surface area contributed by atoms with Crippen LogP contribution in [0, 0.1) is 0 Å². The van der Waals surface area contributed by atoms with Crippen molar-refractivity contribution in [2.24, 2.45) is 0 Å². The zero-order chi connectivity index (χ0) is 21.0. The van der Waals surface area contributed by atoms with Crippen LogP contribution in [0.2, 0.25) is 0 Å². The molecule has 2 aromatic rings. The molecule has 0 atom stereocenters. The standard InChI is InChI=1S/C25H33NO3/c1-5-7-9-12-15-26-20-14-11-10-13-19(20)25(3,4)21(26)17-18-22(27)23(28)24(18)29-16-8-6-2/h10-11,13-14,17H,5-9,12,15-16H2,1-4H3/b21-17+. The predicted molar refractivity (Wildman–Crippen MR) is 121 cm³/mol. The normalized spacial score (nSPS) is 16.6.